The van der Waals surface area contributed by atoms with Gasteiger partial charge in [0.15, 0.2) is 11.5 Å². The van der Waals surface area contributed by atoms with E-state index in [2.05, 4.69) is 0 Å². The lowest BCUT2D eigenvalue weighted by Gasteiger charge is -2.21. The number of fused-ring (bicyclic) bond motifs is 1. The van der Waals surface area contributed by atoms with Gasteiger partial charge >= 0.3 is 0 Å². The van der Waals surface area contributed by atoms with E-state index in [0.29, 0.717) is 23.8 Å². The van der Waals surface area contributed by atoms with Gasteiger partial charge in [0.05, 0.1) is 13.2 Å². The van der Waals surface area contributed by atoms with Gasteiger partial charge < -0.3 is 25.1 Å². The number of aliphatic hydroxyl groups excluding tert-OH is 1. The molecule has 5 heteroatoms. The molecule has 0 amide bonds. The highest BCUT2D eigenvalue weighted by molar-refractivity contribution is 5.55. The van der Waals surface area contributed by atoms with E-state index in [1.165, 1.54) is 0 Å². The Bertz CT molecular complexity index is 418. The first-order chi connectivity index (χ1) is 8.71. The minimum Gasteiger partial charge on any atom is -0.493 e. The van der Waals surface area contributed by atoms with Crippen molar-refractivity contribution in [1.82, 2.24) is 0 Å². The first-order valence-electron chi connectivity index (χ1n) is 6.06. The van der Waals surface area contributed by atoms with Crippen LogP contribution in [0.4, 0.5) is 0 Å². The van der Waals surface area contributed by atoms with Crippen molar-refractivity contribution < 1.29 is 19.3 Å². The molecule has 2 atom stereocenters. The summed E-state index contributed by atoms with van der Waals surface area (Å²) in [5, 5.41) is 10.3. The van der Waals surface area contributed by atoms with Crippen molar-refractivity contribution in [3.63, 3.8) is 0 Å². The molecule has 0 fully saturated rings. The number of aliphatic hydroxyl groups is 1. The second-order valence-electron chi connectivity index (χ2n) is 4.31. The Balaban J connectivity index is 2.34. The van der Waals surface area contributed by atoms with E-state index < -0.39 is 6.10 Å². The fourth-order valence-electron chi connectivity index (χ4n) is 2.11. The summed E-state index contributed by atoms with van der Waals surface area (Å²) >= 11 is 0. The molecule has 100 valence electrons. The summed E-state index contributed by atoms with van der Waals surface area (Å²) in [5.74, 6) is 1.80. The molecule has 0 aliphatic carbocycles. The Labute approximate surface area is 106 Å². The molecule has 0 radical (unpaired) electrons. The van der Waals surface area contributed by atoms with Crippen LogP contribution in [0.5, 0.6) is 17.2 Å². The third-order valence-corrected chi connectivity index (χ3v) is 3.30. The molecule has 18 heavy (non-hydrogen) atoms. The Morgan fingerprint density at radius 2 is 2.22 bits per heavy atom. The molecule has 1 heterocycles. The van der Waals surface area contributed by atoms with Gasteiger partial charge in [-0.3, -0.25) is 0 Å². The van der Waals surface area contributed by atoms with Gasteiger partial charge in [-0.25, -0.2) is 0 Å². The third kappa shape index (κ3) is 2.23. The minimum atomic E-state index is -0.622. The van der Waals surface area contributed by atoms with E-state index in [1.54, 1.807) is 19.2 Å². The van der Waals surface area contributed by atoms with Crippen LogP contribution in [0.2, 0.25) is 0 Å². The number of benzene rings is 1. The van der Waals surface area contributed by atoms with Gasteiger partial charge in [-0.15, -0.1) is 0 Å². The largest absolute Gasteiger partial charge is 0.493 e. The van der Waals surface area contributed by atoms with Crippen LogP contribution in [0.1, 0.15) is 25.0 Å². The van der Waals surface area contributed by atoms with Crippen LogP contribution >= 0.6 is 0 Å². The van der Waals surface area contributed by atoms with Gasteiger partial charge in [-0.05, 0) is 30.7 Å². The zero-order chi connectivity index (χ0) is 13.1. The lowest BCUT2D eigenvalue weighted by atomic mass is 9.93. The summed E-state index contributed by atoms with van der Waals surface area (Å²) in [4.78, 5) is 0. The smallest absolute Gasteiger partial charge is 0.231 e. The minimum absolute atomic E-state index is 0.0232. The monoisotopic (exact) mass is 253 g/mol. The van der Waals surface area contributed by atoms with Crippen LogP contribution < -0.4 is 19.9 Å². The Kier molecular flexibility index (Phi) is 3.93. The van der Waals surface area contributed by atoms with Crippen LogP contribution in [0.25, 0.3) is 0 Å². The van der Waals surface area contributed by atoms with Crippen molar-refractivity contribution in [2.24, 2.45) is 11.7 Å². The van der Waals surface area contributed by atoms with Crippen molar-refractivity contribution in [2.75, 3.05) is 20.4 Å². The number of hydrogen-bond acceptors (Lipinski definition) is 5. The fraction of sp³-hybridized carbons (Fsp3) is 0.538. The summed E-state index contributed by atoms with van der Waals surface area (Å²) in [6.07, 6.45) is 0.192. The van der Waals surface area contributed by atoms with E-state index in [-0.39, 0.29) is 12.7 Å². The number of ether oxygens (including phenoxy) is 3. The maximum atomic E-state index is 10.3. The van der Waals surface area contributed by atoms with Crippen molar-refractivity contribution >= 4 is 0 Å². The molecule has 0 aromatic heterocycles. The molecule has 1 aliphatic heterocycles. The number of nitrogens with two attached hydrogens (primary N) is 1. The van der Waals surface area contributed by atoms with Crippen molar-refractivity contribution in [3.05, 3.63) is 17.7 Å². The van der Waals surface area contributed by atoms with Crippen LogP contribution in [0.3, 0.4) is 0 Å². The second-order valence-corrected chi connectivity index (χ2v) is 4.31. The SMILES string of the molecule is CCC(CN)C(O)c1cc(OC)c2c(c1)OCO2. The maximum Gasteiger partial charge on any atom is 0.231 e. The second kappa shape index (κ2) is 5.46. The quantitative estimate of drug-likeness (QED) is 0.830. The van der Waals surface area contributed by atoms with Crippen LogP contribution in [0.15, 0.2) is 12.1 Å². The molecule has 2 unspecified atom stereocenters. The van der Waals surface area contributed by atoms with Crippen LogP contribution in [-0.4, -0.2) is 25.6 Å². The van der Waals surface area contributed by atoms with E-state index >= 15 is 0 Å². The fourth-order valence-corrected chi connectivity index (χ4v) is 2.11. The average Bonchev–Trinajstić information content (AvgIpc) is 2.86. The van der Waals surface area contributed by atoms with Gasteiger partial charge in [-0.1, -0.05) is 6.92 Å². The maximum absolute atomic E-state index is 10.3. The van der Waals surface area contributed by atoms with Gasteiger partial charge in [0.1, 0.15) is 0 Å². The van der Waals surface area contributed by atoms with Gasteiger partial charge in [-0.2, -0.15) is 0 Å². The van der Waals surface area contributed by atoms with Gasteiger partial charge in [0, 0.05) is 5.92 Å². The molecular formula is C13H19NO4. The topological polar surface area (TPSA) is 73.9 Å². The molecule has 0 saturated heterocycles. The summed E-state index contributed by atoms with van der Waals surface area (Å²) in [7, 11) is 1.56. The molecule has 0 bridgehead atoms. The summed E-state index contributed by atoms with van der Waals surface area (Å²) in [5.41, 5.74) is 6.40. The molecule has 1 aromatic carbocycles. The highest BCUT2D eigenvalue weighted by Crippen LogP contribution is 2.43. The molecule has 5 nitrogen and oxygen atoms in total. The molecule has 2 rings (SSSR count). The predicted molar refractivity (Wildman–Crippen MR) is 66.9 cm³/mol. The van der Waals surface area contributed by atoms with E-state index in [9.17, 15) is 5.11 Å². The third-order valence-electron chi connectivity index (χ3n) is 3.30. The summed E-state index contributed by atoms with van der Waals surface area (Å²) in [6.45, 7) is 2.62. The molecular weight excluding hydrogens is 234 g/mol. The lowest BCUT2D eigenvalue weighted by molar-refractivity contribution is 0.109. The van der Waals surface area contributed by atoms with Crippen molar-refractivity contribution in [2.45, 2.75) is 19.4 Å². The molecule has 0 saturated carbocycles. The first-order valence-corrected chi connectivity index (χ1v) is 6.06. The highest BCUT2D eigenvalue weighted by atomic mass is 16.7. The predicted octanol–water partition coefficient (Wildman–Crippen LogP) is 1.44. The Hall–Kier alpha value is -1.46. The van der Waals surface area contributed by atoms with Crippen molar-refractivity contribution in [3.8, 4) is 17.2 Å². The highest BCUT2D eigenvalue weighted by Gasteiger charge is 2.25. The Morgan fingerprint density at radius 3 is 2.83 bits per heavy atom. The van der Waals surface area contributed by atoms with E-state index in [0.717, 1.165) is 12.0 Å². The molecule has 1 aliphatic rings. The summed E-state index contributed by atoms with van der Waals surface area (Å²) < 4.78 is 15.9. The number of hydrogen-bond donors (Lipinski definition) is 2. The van der Waals surface area contributed by atoms with Crippen molar-refractivity contribution in [1.29, 1.82) is 0 Å². The standard InChI is InChI=1S/C13H19NO4/c1-3-8(6-14)12(15)9-4-10(16-2)13-11(5-9)17-7-18-13/h4-5,8,12,15H,3,6-7,14H2,1-2H3. The van der Waals surface area contributed by atoms with E-state index in [1.807, 2.05) is 6.92 Å². The number of methoxy groups -OCH3 is 1. The van der Waals surface area contributed by atoms with Gasteiger partial charge in [0.2, 0.25) is 12.5 Å². The first kappa shape index (κ1) is 13.0. The average molecular weight is 253 g/mol. The zero-order valence-electron chi connectivity index (χ0n) is 10.7. The molecule has 3 N–H and O–H groups in total. The summed E-state index contributed by atoms with van der Waals surface area (Å²) in [6, 6.07) is 3.56. The van der Waals surface area contributed by atoms with Crippen LogP contribution in [0, 0.1) is 5.92 Å². The van der Waals surface area contributed by atoms with Crippen LogP contribution in [-0.2, 0) is 0 Å². The normalized spacial score (nSPS) is 16.4. The Morgan fingerprint density at radius 1 is 1.44 bits per heavy atom. The molecule has 1 aromatic rings. The van der Waals surface area contributed by atoms with E-state index in [4.69, 9.17) is 19.9 Å². The lowest BCUT2D eigenvalue weighted by Crippen LogP contribution is -2.21. The van der Waals surface area contributed by atoms with Gasteiger partial charge in [0.25, 0.3) is 0 Å². The number of rotatable bonds is 5. The molecule has 0 spiro atoms. The zero-order valence-corrected chi connectivity index (χ0v) is 10.7.